The summed E-state index contributed by atoms with van der Waals surface area (Å²) >= 11 is 3.47. The van der Waals surface area contributed by atoms with Crippen LogP contribution in [0.2, 0.25) is 0 Å². The molecule has 1 aliphatic carbocycles. The van der Waals surface area contributed by atoms with E-state index in [9.17, 15) is 4.79 Å². The molecule has 2 rings (SSSR count). The van der Waals surface area contributed by atoms with Gasteiger partial charge in [-0.05, 0) is 62.9 Å². The molecule has 0 aliphatic heterocycles. The van der Waals surface area contributed by atoms with Crippen LogP contribution in [-0.2, 0) is 0 Å². The van der Waals surface area contributed by atoms with Crippen LogP contribution in [0.3, 0.4) is 0 Å². The third-order valence-corrected chi connectivity index (χ3v) is 4.67. The first kappa shape index (κ1) is 15.5. The van der Waals surface area contributed by atoms with Crippen LogP contribution in [-0.4, -0.2) is 29.9 Å². The molecular formula is C16H23BrN2O. The number of nitrogens with two attached hydrogens (primary N) is 1. The maximum atomic E-state index is 12.8. The fourth-order valence-electron chi connectivity index (χ4n) is 3.26. The van der Waals surface area contributed by atoms with E-state index < -0.39 is 0 Å². The highest BCUT2D eigenvalue weighted by molar-refractivity contribution is 9.10. The largest absolute Gasteiger partial charge is 0.336 e. The zero-order valence-corrected chi connectivity index (χ0v) is 13.8. The predicted octanol–water partition coefficient (Wildman–Crippen LogP) is 3.35. The first-order chi connectivity index (χ1) is 9.56. The van der Waals surface area contributed by atoms with Crippen molar-refractivity contribution in [1.29, 1.82) is 0 Å². The Labute approximate surface area is 129 Å². The minimum atomic E-state index is 0.127. The summed E-state index contributed by atoms with van der Waals surface area (Å²) in [5, 5.41) is 0. The molecule has 0 saturated heterocycles. The minimum Gasteiger partial charge on any atom is -0.336 e. The van der Waals surface area contributed by atoms with Crippen molar-refractivity contribution in [2.45, 2.75) is 39.2 Å². The van der Waals surface area contributed by atoms with E-state index in [0.29, 0.717) is 18.5 Å². The first-order valence-electron chi connectivity index (χ1n) is 7.35. The standard InChI is InChI=1S/C16H23BrN2O/c1-3-19(15-6-4-5-12(15)10-18)16(20)13-7-11(2)8-14(17)9-13/h7-9,12,15H,3-6,10,18H2,1-2H3. The third-order valence-electron chi connectivity index (χ3n) is 4.21. The second-order valence-corrected chi connectivity index (χ2v) is 6.52. The molecule has 20 heavy (non-hydrogen) atoms. The maximum Gasteiger partial charge on any atom is 0.254 e. The molecule has 0 heterocycles. The summed E-state index contributed by atoms with van der Waals surface area (Å²) in [5.41, 5.74) is 7.72. The second-order valence-electron chi connectivity index (χ2n) is 5.60. The average Bonchev–Trinajstić information content (AvgIpc) is 2.86. The molecule has 1 aromatic rings. The summed E-state index contributed by atoms with van der Waals surface area (Å²) < 4.78 is 0.957. The normalized spacial score (nSPS) is 22.0. The Morgan fingerprint density at radius 1 is 1.40 bits per heavy atom. The Kier molecular flexibility index (Phi) is 5.22. The van der Waals surface area contributed by atoms with E-state index in [1.54, 1.807) is 0 Å². The number of hydrogen-bond donors (Lipinski definition) is 1. The summed E-state index contributed by atoms with van der Waals surface area (Å²) in [7, 11) is 0. The SMILES string of the molecule is CCN(C(=O)c1cc(C)cc(Br)c1)C1CCCC1CN. The molecule has 4 heteroatoms. The Bertz CT molecular complexity index is 469. The van der Waals surface area contributed by atoms with Gasteiger partial charge in [-0.1, -0.05) is 22.4 Å². The number of halogens is 1. The lowest BCUT2D eigenvalue weighted by Crippen LogP contribution is -2.44. The molecule has 0 bridgehead atoms. The molecule has 1 aromatic carbocycles. The molecule has 1 aliphatic rings. The Morgan fingerprint density at radius 3 is 2.75 bits per heavy atom. The van der Waals surface area contributed by atoms with Crippen molar-refractivity contribution in [2.75, 3.05) is 13.1 Å². The summed E-state index contributed by atoms with van der Waals surface area (Å²) in [6, 6.07) is 6.19. The van der Waals surface area contributed by atoms with Crippen LogP contribution in [0.15, 0.2) is 22.7 Å². The van der Waals surface area contributed by atoms with Gasteiger partial charge in [0.25, 0.3) is 5.91 Å². The quantitative estimate of drug-likeness (QED) is 0.914. The van der Waals surface area contributed by atoms with Crippen LogP contribution in [0.25, 0.3) is 0 Å². The highest BCUT2D eigenvalue weighted by Crippen LogP contribution is 2.30. The fourth-order valence-corrected chi connectivity index (χ4v) is 3.86. The number of rotatable bonds is 4. The molecule has 1 fully saturated rings. The lowest BCUT2D eigenvalue weighted by molar-refractivity contribution is 0.0652. The molecule has 0 aromatic heterocycles. The number of benzene rings is 1. The fraction of sp³-hybridized carbons (Fsp3) is 0.562. The van der Waals surface area contributed by atoms with E-state index >= 15 is 0 Å². The number of amides is 1. The van der Waals surface area contributed by atoms with Gasteiger partial charge in [-0.2, -0.15) is 0 Å². The Hall–Kier alpha value is -0.870. The highest BCUT2D eigenvalue weighted by atomic mass is 79.9. The van der Waals surface area contributed by atoms with Gasteiger partial charge in [0.15, 0.2) is 0 Å². The molecule has 2 unspecified atom stereocenters. The first-order valence-corrected chi connectivity index (χ1v) is 8.14. The molecule has 2 atom stereocenters. The minimum absolute atomic E-state index is 0.127. The third kappa shape index (κ3) is 3.23. The zero-order valence-electron chi connectivity index (χ0n) is 12.2. The highest BCUT2D eigenvalue weighted by Gasteiger charge is 2.33. The molecule has 0 radical (unpaired) electrons. The van der Waals surface area contributed by atoms with Crippen LogP contribution >= 0.6 is 15.9 Å². The van der Waals surface area contributed by atoms with Crippen molar-refractivity contribution in [3.63, 3.8) is 0 Å². The van der Waals surface area contributed by atoms with Gasteiger partial charge in [0, 0.05) is 22.6 Å². The van der Waals surface area contributed by atoms with Crippen LogP contribution in [0.1, 0.15) is 42.1 Å². The number of aryl methyl sites for hydroxylation is 1. The van der Waals surface area contributed by atoms with Gasteiger partial charge in [0.05, 0.1) is 0 Å². The van der Waals surface area contributed by atoms with E-state index in [4.69, 9.17) is 5.73 Å². The van der Waals surface area contributed by atoms with Crippen molar-refractivity contribution >= 4 is 21.8 Å². The Morgan fingerprint density at radius 2 is 2.15 bits per heavy atom. The van der Waals surface area contributed by atoms with Crippen molar-refractivity contribution < 1.29 is 4.79 Å². The van der Waals surface area contributed by atoms with Crippen molar-refractivity contribution in [3.8, 4) is 0 Å². The summed E-state index contributed by atoms with van der Waals surface area (Å²) in [4.78, 5) is 14.8. The van der Waals surface area contributed by atoms with Gasteiger partial charge in [-0.25, -0.2) is 0 Å². The number of carbonyl (C=O) groups is 1. The molecule has 1 saturated carbocycles. The van der Waals surface area contributed by atoms with Gasteiger partial charge in [-0.3, -0.25) is 4.79 Å². The molecule has 1 amide bonds. The van der Waals surface area contributed by atoms with E-state index in [1.165, 1.54) is 6.42 Å². The van der Waals surface area contributed by atoms with E-state index in [2.05, 4.69) is 22.9 Å². The smallest absolute Gasteiger partial charge is 0.254 e. The van der Waals surface area contributed by atoms with Gasteiger partial charge < -0.3 is 10.6 Å². The van der Waals surface area contributed by atoms with Crippen molar-refractivity contribution in [3.05, 3.63) is 33.8 Å². The lowest BCUT2D eigenvalue weighted by atomic mass is 10.0. The molecule has 110 valence electrons. The van der Waals surface area contributed by atoms with Gasteiger partial charge in [0.1, 0.15) is 0 Å². The Balaban J connectivity index is 2.24. The summed E-state index contributed by atoms with van der Waals surface area (Å²) in [6.07, 6.45) is 3.39. The lowest BCUT2D eigenvalue weighted by Gasteiger charge is -2.32. The van der Waals surface area contributed by atoms with E-state index in [-0.39, 0.29) is 5.91 Å². The van der Waals surface area contributed by atoms with Crippen molar-refractivity contribution in [1.82, 2.24) is 4.90 Å². The topological polar surface area (TPSA) is 46.3 Å². The molecule has 3 nitrogen and oxygen atoms in total. The van der Waals surface area contributed by atoms with Crippen LogP contribution in [0.5, 0.6) is 0 Å². The molecule has 0 spiro atoms. The summed E-state index contributed by atoms with van der Waals surface area (Å²) in [5.74, 6) is 0.578. The molecule has 2 N–H and O–H groups in total. The number of hydrogen-bond acceptors (Lipinski definition) is 2. The van der Waals surface area contributed by atoms with E-state index in [1.807, 2.05) is 30.0 Å². The number of nitrogens with zero attached hydrogens (tertiary/aromatic N) is 1. The summed E-state index contributed by atoms with van der Waals surface area (Å²) in [6.45, 7) is 5.47. The second kappa shape index (κ2) is 6.72. The van der Waals surface area contributed by atoms with Gasteiger partial charge in [0.2, 0.25) is 0 Å². The van der Waals surface area contributed by atoms with Crippen LogP contribution < -0.4 is 5.73 Å². The van der Waals surface area contributed by atoms with Gasteiger partial charge in [-0.15, -0.1) is 0 Å². The van der Waals surface area contributed by atoms with Gasteiger partial charge >= 0.3 is 0 Å². The number of carbonyl (C=O) groups excluding carboxylic acids is 1. The van der Waals surface area contributed by atoms with Crippen LogP contribution in [0, 0.1) is 12.8 Å². The van der Waals surface area contributed by atoms with Crippen LogP contribution in [0.4, 0.5) is 0 Å². The van der Waals surface area contributed by atoms with E-state index in [0.717, 1.165) is 35.0 Å². The molecular weight excluding hydrogens is 316 g/mol. The monoisotopic (exact) mass is 338 g/mol. The zero-order chi connectivity index (χ0) is 14.7. The maximum absolute atomic E-state index is 12.8. The van der Waals surface area contributed by atoms with Crippen molar-refractivity contribution in [2.24, 2.45) is 11.7 Å². The predicted molar refractivity (Wildman–Crippen MR) is 85.8 cm³/mol. The average molecular weight is 339 g/mol.